The maximum atomic E-state index is 11.4. The number of nitrogen functional groups attached to an aromatic ring is 2. The van der Waals surface area contributed by atoms with E-state index in [0.29, 0.717) is 21.7 Å². The van der Waals surface area contributed by atoms with E-state index in [1.807, 2.05) is 6.92 Å². The molecule has 102 valence electrons. The number of hydrogen-bond donors (Lipinski definition) is 3. The van der Waals surface area contributed by atoms with Crippen LogP contribution in [0.4, 0.5) is 11.6 Å². The second kappa shape index (κ2) is 4.20. The van der Waals surface area contributed by atoms with E-state index in [1.165, 1.54) is 0 Å². The normalized spacial score (nSPS) is 11.1. The van der Waals surface area contributed by atoms with Crippen LogP contribution in [0.25, 0.3) is 21.7 Å². The maximum absolute atomic E-state index is 11.4. The van der Waals surface area contributed by atoms with Gasteiger partial charge in [-0.1, -0.05) is 0 Å². The Kier molecular flexibility index (Phi) is 2.61. The van der Waals surface area contributed by atoms with Gasteiger partial charge in [0.05, 0.1) is 11.1 Å². The lowest BCUT2D eigenvalue weighted by atomic mass is 10.2. The molecule has 0 aliphatic carbocycles. The van der Waals surface area contributed by atoms with Crippen molar-refractivity contribution < 1.29 is 9.21 Å². The van der Waals surface area contributed by atoms with Crippen molar-refractivity contribution in [3.63, 3.8) is 0 Å². The Labute approximate surface area is 117 Å². The molecule has 0 aliphatic heterocycles. The molecule has 8 heteroatoms. The minimum Gasteiger partial charge on any atom is -0.460 e. The van der Waals surface area contributed by atoms with Crippen molar-refractivity contribution in [2.45, 2.75) is 6.92 Å². The fourth-order valence-electron chi connectivity index (χ4n) is 1.96. The van der Waals surface area contributed by atoms with E-state index in [0.717, 1.165) is 17.1 Å². The van der Waals surface area contributed by atoms with E-state index in [9.17, 15) is 4.79 Å². The van der Waals surface area contributed by atoms with Gasteiger partial charge in [-0.25, -0.2) is 9.97 Å². The van der Waals surface area contributed by atoms with Crippen LogP contribution in [0.15, 0.2) is 16.5 Å². The number of amides is 1. The monoisotopic (exact) mass is 289 g/mol. The van der Waals surface area contributed by atoms with Crippen LogP contribution in [-0.4, -0.2) is 15.9 Å². The molecule has 0 spiro atoms. The molecular formula is C12H11N5O2S. The summed E-state index contributed by atoms with van der Waals surface area (Å²) in [5.41, 5.74) is 17.7. The van der Waals surface area contributed by atoms with Gasteiger partial charge in [0.1, 0.15) is 21.2 Å². The van der Waals surface area contributed by atoms with Gasteiger partial charge in [-0.15, -0.1) is 11.3 Å². The number of nitrogens with zero attached hydrogens (tertiary/aromatic N) is 2. The minimum atomic E-state index is -0.606. The van der Waals surface area contributed by atoms with Crippen LogP contribution in [0, 0.1) is 6.92 Å². The Morgan fingerprint density at radius 3 is 2.65 bits per heavy atom. The summed E-state index contributed by atoms with van der Waals surface area (Å²) in [6, 6.07) is 3.56. The Morgan fingerprint density at radius 1 is 1.30 bits per heavy atom. The van der Waals surface area contributed by atoms with Crippen molar-refractivity contribution in [2.24, 2.45) is 5.73 Å². The number of aryl methyl sites for hydroxylation is 1. The number of thiophene rings is 1. The molecule has 1 amide bonds. The number of fused-ring (bicyclic) bond motifs is 1. The molecule has 0 fully saturated rings. The van der Waals surface area contributed by atoms with Crippen LogP contribution in [0.2, 0.25) is 0 Å². The molecule has 0 bridgehead atoms. The van der Waals surface area contributed by atoms with Gasteiger partial charge < -0.3 is 21.6 Å². The molecule has 3 heterocycles. The standard InChI is InChI=1S/C12H11N5O2S/c1-4-2-3-5(19-4)8-6-7(13)9(10(14)18)20-11(6)17-12(15)16-8/h2-3H,13H2,1H3,(H2,14,18)(H2,15,16,17). The van der Waals surface area contributed by atoms with Crippen LogP contribution < -0.4 is 17.2 Å². The third kappa shape index (κ3) is 1.77. The number of carbonyl (C=O) groups excluding carboxylic acids is 1. The predicted octanol–water partition coefficient (Wildman–Crippen LogP) is 1.52. The predicted molar refractivity (Wildman–Crippen MR) is 77.2 cm³/mol. The summed E-state index contributed by atoms with van der Waals surface area (Å²) < 4.78 is 5.54. The van der Waals surface area contributed by atoms with Crippen LogP contribution in [-0.2, 0) is 0 Å². The molecule has 0 radical (unpaired) electrons. The number of primary amides is 1. The summed E-state index contributed by atoms with van der Waals surface area (Å²) in [6.45, 7) is 1.82. The topological polar surface area (TPSA) is 134 Å². The fraction of sp³-hybridized carbons (Fsp3) is 0.0833. The summed E-state index contributed by atoms with van der Waals surface area (Å²) in [5.74, 6) is 0.723. The highest BCUT2D eigenvalue weighted by atomic mass is 32.1. The Hall–Kier alpha value is -2.61. The number of furan rings is 1. The zero-order valence-electron chi connectivity index (χ0n) is 10.5. The van der Waals surface area contributed by atoms with Crippen molar-refractivity contribution in [2.75, 3.05) is 11.5 Å². The molecule has 0 saturated heterocycles. The Bertz CT molecular complexity index is 836. The summed E-state index contributed by atoms with van der Waals surface area (Å²) in [4.78, 5) is 20.4. The van der Waals surface area contributed by atoms with E-state index < -0.39 is 5.91 Å². The zero-order valence-corrected chi connectivity index (χ0v) is 11.3. The van der Waals surface area contributed by atoms with E-state index in [4.69, 9.17) is 21.6 Å². The van der Waals surface area contributed by atoms with Crippen molar-refractivity contribution in [3.05, 3.63) is 22.8 Å². The largest absolute Gasteiger partial charge is 0.460 e. The highest BCUT2D eigenvalue weighted by molar-refractivity contribution is 7.21. The summed E-state index contributed by atoms with van der Waals surface area (Å²) in [7, 11) is 0. The number of nitrogens with two attached hydrogens (primary N) is 3. The number of hydrogen-bond acceptors (Lipinski definition) is 7. The summed E-state index contributed by atoms with van der Waals surface area (Å²) in [5, 5.41) is 0.535. The lowest BCUT2D eigenvalue weighted by Crippen LogP contribution is -2.10. The number of carbonyl (C=O) groups is 1. The van der Waals surface area contributed by atoms with Gasteiger partial charge in [0.25, 0.3) is 5.91 Å². The molecule has 7 nitrogen and oxygen atoms in total. The smallest absolute Gasteiger partial charge is 0.260 e. The molecule has 0 atom stereocenters. The van der Waals surface area contributed by atoms with Crippen LogP contribution >= 0.6 is 11.3 Å². The van der Waals surface area contributed by atoms with Gasteiger partial charge in [0.2, 0.25) is 5.95 Å². The third-order valence-electron chi connectivity index (χ3n) is 2.80. The lowest BCUT2D eigenvalue weighted by Gasteiger charge is -2.02. The van der Waals surface area contributed by atoms with Gasteiger partial charge in [-0.05, 0) is 19.1 Å². The van der Waals surface area contributed by atoms with Crippen LogP contribution in [0.1, 0.15) is 15.4 Å². The van der Waals surface area contributed by atoms with Crippen molar-refractivity contribution in [1.82, 2.24) is 9.97 Å². The van der Waals surface area contributed by atoms with Crippen LogP contribution in [0.3, 0.4) is 0 Å². The third-order valence-corrected chi connectivity index (χ3v) is 3.92. The first-order valence-corrected chi connectivity index (χ1v) is 6.51. The zero-order chi connectivity index (χ0) is 14.4. The van der Waals surface area contributed by atoms with Crippen molar-refractivity contribution in [3.8, 4) is 11.5 Å². The SMILES string of the molecule is Cc1ccc(-c2nc(N)nc3sc(C(N)=O)c(N)c23)o1. The molecule has 3 aromatic heterocycles. The summed E-state index contributed by atoms with van der Waals surface area (Å²) in [6.07, 6.45) is 0. The molecular weight excluding hydrogens is 278 g/mol. The Morgan fingerprint density at radius 2 is 2.05 bits per heavy atom. The highest BCUT2D eigenvalue weighted by Crippen LogP contribution is 2.38. The number of rotatable bonds is 2. The second-order valence-corrected chi connectivity index (χ2v) is 5.23. The molecule has 0 aromatic carbocycles. The quantitative estimate of drug-likeness (QED) is 0.654. The fourth-order valence-corrected chi connectivity index (χ4v) is 2.92. The molecule has 0 saturated carbocycles. The first-order valence-electron chi connectivity index (χ1n) is 5.69. The molecule has 6 N–H and O–H groups in total. The first kappa shape index (κ1) is 12.4. The number of aromatic nitrogens is 2. The van der Waals surface area contributed by atoms with Gasteiger partial charge in [0, 0.05) is 0 Å². The average Bonchev–Trinajstić information content (AvgIpc) is 2.93. The van der Waals surface area contributed by atoms with Crippen molar-refractivity contribution in [1.29, 1.82) is 0 Å². The maximum Gasteiger partial charge on any atom is 0.260 e. The van der Waals surface area contributed by atoms with Gasteiger partial charge in [-0.3, -0.25) is 4.79 Å². The van der Waals surface area contributed by atoms with E-state index >= 15 is 0 Å². The van der Waals surface area contributed by atoms with Crippen molar-refractivity contribution >= 4 is 39.1 Å². The molecule has 0 aliphatic rings. The molecule has 20 heavy (non-hydrogen) atoms. The molecule has 3 aromatic rings. The minimum absolute atomic E-state index is 0.0822. The lowest BCUT2D eigenvalue weighted by molar-refractivity contribution is 0.100. The van der Waals surface area contributed by atoms with Gasteiger partial charge in [-0.2, -0.15) is 0 Å². The van der Waals surface area contributed by atoms with Gasteiger partial charge >= 0.3 is 0 Å². The summed E-state index contributed by atoms with van der Waals surface area (Å²) >= 11 is 1.09. The van der Waals surface area contributed by atoms with E-state index in [-0.39, 0.29) is 16.5 Å². The van der Waals surface area contributed by atoms with Gasteiger partial charge in [0.15, 0.2) is 5.76 Å². The highest BCUT2D eigenvalue weighted by Gasteiger charge is 2.21. The first-order chi connectivity index (χ1) is 9.47. The molecule has 0 unspecified atom stereocenters. The Balaban J connectivity index is 2.39. The second-order valence-electron chi connectivity index (χ2n) is 4.23. The van der Waals surface area contributed by atoms with E-state index in [1.54, 1.807) is 12.1 Å². The number of anilines is 2. The van der Waals surface area contributed by atoms with Crippen LogP contribution in [0.5, 0.6) is 0 Å². The van der Waals surface area contributed by atoms with E-state index in [2.05, 4.69) is 9.97 Å². The molecule has 3 rings (SSSR count). The average molecular weight is 289 g/mol.